The monoisotopic (exact) mass is 446 g/mol. The van der Waals surface area contributed by atoms with Gasteiger partial charge in [-0.1, -0.05) is 49.7 Å². The van der Waals surface area contributed by atoms with Crippen molar-refractivity contribution in [3.05, 3.63) is 70.6 Å². The number of nitrogens with zero attached hydrogens (tertiary/aromatic N) is 3. The molecule has 0 spiro atoms. The van der Waals surface area contributed by atoms with E-state index in [1.165, 1.54) is 0 Å². The van der Waals surface area contributed by atoms with E-state index in [1.54, 1.807) is 4.90 Å². The number of carbonyl (C=O) groups excluding carboxylic acids is 1. The Morgan fingerprint density at radius 1 is 1.12 bits per heavy atom. The lowest BCUT2D eigenvalue weighted by Gasteiger charge is -2.27. The van der Waals surface area contributed by atoms with Crippen LogP contribution in [-0.4, -0.2) is 37.5 Å². The van der Waals surface area contributed by atoms with Crippen molar-refractivity contribution in [1.82, 2.24) is 19.3 Å². The second kappa shape index (κ2) is 9.10. The number of ether oxygens (including phenoxy) is 1. The van der Waals surface area contributed by atoms with Gasteiger partial charge in [0.2, 0.25) is 5.78 Å². The van der Waals surface area contributed by atoms with Crippen LogP contribution >= 0.6 is 0 Å². The molecule has 172 valence electrons. The number of imidazole rings is 1. The molecule has 0 radical (unpaired) electrons. The maximum absolute atomic E-state index is 12.7. The molecule has 0 aliphatic rings. The molecule has 33 heavy (non-hydrogen) atoms. The predicted molar refractivity (Wildman–Crippen MR) is 130 cm³/mol. The van der Waals surface area contributed by atoms with Crippen molar-refractivity contribution in [2.24, 2.45) is 0 Å². The summed E-state index contributed by atoms with van der Waals surface area (Å²) in [4.78, 5) is 34.5. The number of rotatable bonds is 6. The van der Waals surface area contributed by atoms with Crippen LogP contribution < -0.4 is 5.56 Å². The topological polar surface area (TPSA) is 79.7 Å². The number of hydrogen-bond acceptors (Lipinski definition) is 4. The zero-order valence-corrected chi connectivity index (χ0v) is 19.6. The highest BCUT2D eigenvalue weighted by molar-refractivity contribution is 5.80. The lowest BCUT2D eigenvalue weighted by atomic mass is 10.1. The summed E-state index contributed by atoms with van der Waals surface area (Å²) in [6.07, 6.45) is 3.42. The maximum Gasteiger partial charge on any atom is 0.410 e. The minimum Gasteiger partial charge on any atom is -0.444 e. The number of fused-ring (bicyclic) bond motifs is 3. The molecule has 7 heteroatoms. The van der Waals surface area contributed by atoms with Crippen LogP contribution in [0.2, 0.25) is 0 Å². The van der Waals surface area contributed by atoms with Crippen LogP contribution in [0.4, 0.5) is 4.79 Å². The number of unbranched alkanes of at least 4 members (excludes halogenated alkanes) is 1. The van der Waals surface area contributed by atoms with Crippen molar-refractivity contribution in [2.75, 3.05) is 6.54 Å². The second-order valence-corrected chi connectivity index (χ2v) is 9.24. The van der Waals surface area contributed by atoms with Crippen LogP contribution in [0.1, 0.15) is 46.1 Å². The number of aromatic amines is 1. The van der Waals surface area contributed by atoms with Gasteiger partial charge in [-0.25, -0.2) is 9.78 Å². The van der Waals surface area contributed by atoms with Gasteiger partial charge in [-0.3, -0.25) is 14.2 Å². The molecule has 1 amide bonds. The maximum atomic E-state index is 12.7. The molecule has 1 N–H and O–H groups in total. The average Bonchev–Trinajstić information content (AvgIpc) is 3.12. The van der Waals surface area contributed by atoms with E-state index < -0.39 is 5.60 Å². The zero-order chi connectivity index (χ0) is 23.6. The smallest absolute Gasteiger partial charge is 0.410 e. The Labute approximate surface area is 193 Å². The predicted octanol–water partition coefficient (Wildman–Crippen LogP) is 5.38. The third kappa shape index (κ3) is 5.08. The van der Waals surface area contributed by atoms with E-state index in [1.807, 2.05) is 79.9 Å². The van der Waals surface area contributed by atoms with Gasteiger partial charge in [-0.15, -0.1) is 0 Å². The summed E-state index contributed by atoms with van der Waals surface area (Å²) in [7, 11) is 0. The van der Waals surface area contributed by atoms with Crippen molar-refractivity contribution in [2.45, 2.75) is 52.7 Å². The molecule has 0 saturated carbocycles. The number of aromatic nitrogens is 3. The molecule has 0 aliphatic carbocycles. The highest BCUT2D eigenvalue weighted by Gasteiger charge is 2.22. The van der Waals surface area contributed by atoms with E-state index in [0.29, 0.717) is 24.4 Å². The van der Waals surface area contributed by atoms with Gasteiger partial charge in [0.15, 0.2) is 0 Å². The van der Waals surface area contributed by atoms with E-state index in [4.69, 9.17) is 4.74 Å². The number of carbonyl (C=O) groups is 1. The van der Waals surface area contributed by atoms with Gasteiger partial charge < -0.3 is 9.64 Å². The number of hydrogen-bond donors (Lipinski definition) is 1. The molecule has 4 aromatic rings. The summed E-state index contributed by atoms with van der Waals surface area (Å²) in [6.45, 7) is 8.80. The van der Waals surface area contributed by atoms with Gasteiger partial charge >= 0.3 is 6.09 Å². The van der Waals surface area contributed by atoms with Crippen LogP contribution in [0.25, 0.3) is 27.9 Å². The summed E-state index contributed by atoms with van der Waals surface area (Å²) in [5, 5.41) is 0. The van der Waals surface area contributed by atoms with Crippen molar-refractivity contribution < 1.29 is 9.53 Å². The minimum atomic E-state index is -0.539. The van der Waals surface area contributed by atoms with Crippen LogP contribution in [0, 0.1) is 0 Å². The van der Waals surface area contributed by atoms with Crippen molar-refractivity contribution in [1.29, 1.82) is 0 Å². The lowest BCUT2D eigenvalue weighted by molar-refractivity contribution is 0.0231. The quantitative estimate of drug-likeness (QED) is 0.431. The van der Waals surface area contributed by atoms with Crippen molar-refractivity contribution in [3.63, 3.8) is 0 Å². The number of amides is 1. The van der Waals surface area contributed by atoms with Crippen LogP contribution in [0.15, 0.2) is 59.5 Å². The fourth-order valence-corrected chi connectivity index (χ4v) is 3.75. The first-order chi connectivity index (χ1) is 15.7. The zero-order valence-electron chi connectivity index (χ0n) is 19.6. The van der Waals surface area contributed by atoms with E-state index in [2.05, 4.69) is 16.9 Å². The normalized spacial score (nSPS) is 11.8. The lowest BCUT2D eigenvalue weighted by Crippen LogP contribution is -2.37. The first kappa shape index (κ1) is 22.6. The van der Waals surface area contributed by atoms with Gasteiger partial charge in [0.25, 0.3) is 5.56 Å². The van der Waals surface area contributed by atoms with Gasteiger partial charge in [-0.05, 0) is 50.5 Å². The van der Waals surface area contributed by atoms with Crippen LogP contribution in [0.5, 0.6) is 0 Å². The SMILES string of the molecule is CCCCN(Cc1ccc(-c2cn3c(nc4ccccc43)[nH]c2=O)cc1)C(=O)OC(C)(C)C. The number of benzene rings is 2. The number of H-pyrrole nitrogens is 1. The van der Waals surface area contributed by atoms with Gasteiger partial charge in [0.05, 0.1) is 16.6 Å². The Hall–Kier alpha value is -3.61. The van der Waals surface area contributed by atoms with E-state index in [0.717, 1.165) is 35.0 Å². The molecule has 0 atom stereocenters. The molecule has 0 aliphatic heterocycles. The van der Waals surface area contributed by atoms with E-state index in [9.17, 15) is 9.59 Å². The van der Waals surface area contributed by atoms with Crippen LogP contribution in [-0.2, 0) is 11.3 Å². The average molecular weight is 447 g/mol. The molecule has 0 saturated heterocycles. The van der Waals surface area contributed by atoms with E-state index >= 15 is 0 Å². The van der Waals surface area contributed by atoms with Crippen molar-refractivity contribution >= 4 is 22.9 Å². The van der Waals surface area contributed by atoms with Crippen LogP contribution in [0.3, 0.4) is 0 Å². The molecule has 4 rings (SSSR count). The summed E-state index contributed by atoms with van der Waals surface area (Å²) >= 11 is 0. The minimum absolute atomic E-state index is 0.191. The highest BCUT2D eigenvalue weighted by atomic mass is 16.6. The molecule has 0 unspecified atom stereocenters. The standard InChI is InChI=1S/C26H30N4O3/c1-5-6-15-29(25(32)33-26(2,3)4)16-18-11-13-19(14-12-18)20-17-30-22-10-8-7-9-21(22)27-24(30)28-23(20)31/h7-14,17H,5-6,15-16H2,1-4H3,(H,27,28,31). The summed E-state index contributed by atoms with van der Waals surface area (Å²) in [6, 6.07) is 15.5. The third-order valence-corrected chi connectivity index (χ3v) is 5.40. The molecule has 0 bridgehead atoms. The first-order valence-corrected chi connectivity index (χ1v) is 11.3. The van der Waals surface area contributed by atoms with Gasteiger partial charge in [-0.2, -0.15) is 0 Å². The molecule has 2 heterocycles. The fraction of sp³-hybridized carbons (Fsp3) is 0.346. The summed E-state index contributed by atoms with van der Waals surface area (Å²) < 4.78 is 7.48. The molecular weight excluding hydrogens is 416 g/mol. The third-order valence-electron chi connectivity index (χ3n) is 5.40. The Bertz CT molecular complexity index is 1330. The van der Waals surface area contributed by atoms with Crippen molar-refractivity contribution in [3.8, 4) is 11.1 Å². The summed E-state index contributed by atoms with van der Waals surface area (Å²) in [5.41, 5.74) is 3.38. The Kier molecular flexibility index (Phi) is 6.22. The fourth-order valence-electron chi connectivity index (χ4n) is 3.75. The molecule has 7 nitrogen and oxygen atoms in total. The second-order valence-electron chi connectivity index (χ2n) is 9.24. The van der Waals surface area contributed by atoms with Gasteiger partial charge in [0, 0.05) is 19.3 Å². The molecule has 2 aromatic heterocycles. The highest BCUT2D eigenvalue weighted by Crippen LogP contribution is 2.21. The Balaban J connectivity index is 1.60. The summed E-state index contributed by atoms with van der Waals surface area (Å²) in [5.74, 6) is 0.519. The molecule has 2 aromatic carbocycles. The molecule has 0 fully saturated rings. The largest absolute Gasteiger partial charge is 0.444 e. The number of nitrogens with one attached hydrogen (secondary N) is 1. The van der Waals surface area contributed by atoms with Gasteiger partial charge in [0.1, 0.15) is 5.60 Å². The number of para-hydroxylation sites is 2. The Morgan fingerprint density at radius 2 is 1.85 bits per heavy atom. The first-order valence-electron chi connectivity index (χ1n) is 11.3. The molecular formula is C26H30N4O3. The van der Waals surface area contributed by atoms with E-state index in [-0.39, 0.29) is 11.7 Å². The Morgan fingerprint density at radius 3 is 2.55 bits per heavy atom.